The number of hydrogen-bond donors (Lipinski definition) is 1. The third-order valence-corrected chi connectivity index (χ3v) is 4.95. The first kappa shape index (κ1) is 17.2. The Balaban J connectivity index is 2.76. The smallest absolute Gasteiger partial charge is 0.155 e. The number of benzene rings is 1. The van der Waals surface area contributed by atoms with Crippen molar-refractivity contribution in [3.05, 3.63) is 35.9 Å². The zero-order valence-electron chi connectivity index (χ0n) is 13.0. The maximum absolute atomic E-state index is 12.4. The van der Waals surface area contributed by atoms with Crippen LogP contribution in [0.3, 0.4) is 0 Å². The highest BCUT2D eigenvalue weighted by Crippen LogP contribution is 2.22. The van der Waals surface area contributed by atoms with Gasteiger partial charge in [0.1, 0.15) is 0 Å². The zero-order chi connectivity index (χ0) is 15.2. The van der Waals surface area contributed by atoms with Crippen LogP contribution in [0.1, 0.15) is 39.7 Å². The Morgan fingerprint density at radius 3 is 2.25 bits per heavy atom. The Hall–Kier alpha value is -0.870. The predicted molar refractivity (Wildman–Crippen MR) is 85.5 cm³/mol. The van der Waals surface area contributed by atoms with Crippen molar-refractivity contribution in [2.45, 2.75) is 45.9 Å². The van der Waals surface area contributed by atoms with E-state index < -0.39 is 9.84 Å². The molecule has 0 spiro atoms. The Morgan fingerprint density at radius 2 is 1.75 bits per heavy atom. The van der Waals surface area contributed by atoms with Gasteiger partial charge in [0, 0.05) is 6.04 Å². The van der Waals surface area contributed by atoms with Crippen LogP contribution < -0.4 is 5.32 Å². The first-order chi connectivity index (χ1) is 9.24. The van der Waals surface area contributed by atoms with E-state index >= 15 is 0 Å². The quantitative estimate of drug-likeness (QED) is 0.841. The molecule has 0 aliphatic carbocycles. The SMILES string of the molecule is CCCNC(CS(=O)(=O)Cc1ccccc1)C(C)(C)C. The third kappa shape index (κ3) is 6.06. The van der Waals surface area contributed by atoms with E-state index in [-0.39, 0.29) is 23.0 Å². The van der Waals surface area contributed by atoms with E-state index in [1.807, 2.05) is 30.3 Å². The van der Waals surface area contributed by atoms with Gasteiger partial charge in [0.05, 0.1) is 11.5 Å². The van der Waals surface area contributed by atoms with Gasteiger partial charge in [-0.2, -0.15) is 0 Å². The predicted octanol–water partition coefficient (Wildman–Crippen LogP) is 3.02. The molecule has 1 atom stereocenters. The van der Waals surface area contributed by atoms with Gasteiger partial charge >= 0.3 is 0 Å². The van der Waals surface area contributed by atoms with Crippen LogP contribution in [0.4, 0.5) is 0 Å². The molecule has 20 heavy (non-hydrogen) atoms. The minimum absolute atomic E-state index is 0.0174. The van der Waals surface area contributed by atoms with Crippen LogP contribution in [0.2, 0.25) is 0 Å². The summed E-state index contributed by atoms with van der Waals surface area (Å²) in [5.74, 6) is 0.305. The molecule has 0 heterocycles. The summed E-state index contributed by atoms with van der Waals surface area (Å²) in [6, 6.07) is 9.36. The molecule has 0 fully saturated rings. The first-order valence-electron chi connectivity index (χ1n) is 7.22. The fourth-order valence-electron chi connectivity index (χ4n) is 2.07. The molecule has 1 rings (SSSR count). The zero-order valence-corrected chi connectivity index (χ0v) is 13.8. The Bertz CT molecular complexity index is 489. The first-order valence-corrected chi connectivity index (χ1v) is 9.04. The summed E-state index contributed by atoms with van der Waals surface area (Å²) in [7, 11) is -3.11. The molecule has 1 aromatic rings. The normalized spacial score (nSPS) is 14.2. The van der Waals surface area contributed by atoms with Crippen molar-refractivity contribution < 1.29 is 8.42 Å². The molecular weight excluding hydrogens is 270 g/mol. The minimum atomic E-state index is -3.11. The largest absolute Gasteiger partial charge is 0.312 e. The fraction of sp³-hybridized carbons (Fsp3) is 0.625. The number of nitrogens with one attached hydrogen (secondary N) is 1. The molecule has 0 aliphatic rings. The molecule has 1 N–H and O–H groups in total. The molecule has 0 amide bonds. The van der Waals surface area contributed by atoms with Gasteiger partial charge in [-0.25, -0.2) is 8.42 Å². The van der Waals surface area contributed by atoms with Crippen molar-refractivity contribution in [1.82, 2.24) is 5.32 Å². The summed E-state index contributed by atoms with van der Waals surface area (Å²) in [5.41, 5.74) is 0.787. The lowest BCUT2D eigenvalue weighted by molar-refractivity contribution is 0.288. The highest BCUT2D eigenvalue weighted by Gasteiger charge is 2.29. The van der Waals surface area contributed by atoms with Gasteiger partial charge in [0.15, 0.2) is 9.84 Å². The van der Waals surface area contributed by atoms with Gasteiger partial charge in [-0.1, -0.05) is 58.0 Å². The Kier molecular flexibility index (Phi) is 6.21. The molecular formula is C16H27NO2S. The van der Waals surface area contributed by atoms with Crippen molar-refractivity contribution >= 4 is 9.84 Å². The molecule has 4 heteroatoms. The van der Waals surface area contributed by atoms with E-state index in [2.05, 4.69) is 33.0 Å². The van der Waals surface area contributed by atoms with Crippen LogP contribution in [0, 0.1) is 5.41 Å². The van der Waals surface area contributed by atoms with Gasteiger partial charge in [-0.15, -0.1) is 0 Å². The third-order valence-electron chi connectivity index (χ3n) is 3.34. The van der Waals surface area contributed by atoms with E-state index in [4.69, 9.17) is 0 Å². The van der Waals surface area contributed by atoms with Gasteiger partial charge in [0.25, 0.3) is 0 Å². The molecule has 1 aromatic carbocycles. The second-order valence-electron chi connectivity index (χ2n) is 6.41. The Labute approximate surface area is 123 Å². The van der Waals surface area contributed by atoms with Gasteiger partial charge in [-0.05, 0) is 23.9 Å². The van der Waals surface area contributed by atoms with Crippen LogP contribution in [0.25, 0.3) is 0 Å². The average Bonchev–Trinajstić information content (AvgIpc) is 2.33. The summed E-state index contributed by atoms with van der Waals surface area (Å²) in [6.45, 7) is 9.18. The second-order valence-corrected chi connectivity index (χ2v) is 8.52. The van der Waals surface area contributed by atoms with Gasteiger partial charge in [-0.3, -0.25) is 0 Å². The molecule has 0 saturated carbocycles. The molecule has 0 saturated heterocycles. The van der Waals surface area contributed by atoms with Crippen molar-refractivity contribution in [1.29, 1.82) is 0 Å². The minimum Gasteiger partial charge on any atom is -0.312 e. The summed E-state index contributed by atoms with van der Waals surface area (Å²) in [4.78, 5) is 0. The Morgan fingerprint density at radius 1 is 1.15 bits per heavy atom. The molecule has 114 valence electrons. The van der Waals surface area contributed by atoms with Crippen molar-refractivity contribution in [2.24, 2.45) is 5.41 Å². The molecule has 0 aliphatic heterocycles. The monoisotopic (exact) mass is 297 g/mol. The van der Waals surface area contributed by atoms with Crippen LogP contribution in [0.15, 0.2) is 30.3 Å². The van der Waals surface area contributed by atoms with E-state index in [0.29, 0.717) is 0 Å². The summed E-state index contributed by atoms with van der Waals surface area (Å²) in [5, 5.41) is 3.37. The second kappa shape index (κ2) is 7.23. The van der Waals surface area contributed by atoms with Crippen LogP contribution in [0.5, 0.6) is 0 Å². The van der Waals surface area contributed by atoms with Gasteiger partial charge < -0.3 is 5.32 Å². The molecule has 0 aromatic heterocycles. The summed E-state index contributed by atoms with van der Waals surface area (Å²) >= 11 is 0. The van der Waals surface area contributed by atoms with E-state index in [1.165, 1.54) is 0 Å². The lowest BCUT2D eigenvalue weighted by Gasteiger charge is -2.31. The maximum Gasteiger partial charge on any atom is 0.155 e. The number of sulfone groups is 1. The number of hydrogen-bond acceptors (Lipinski definition) is 3. The highest BCUT2D eigenvalue weighted by molar-refractivity contribution is 7.90. The fourth-order valence-corrected chi connectivity index (χ4v) is 4.02. The lowest BCUT2D eigenvalue weighted by Crippen LogP contribution is -2.45. The van der Waals surface area contributed by atoms with Gasteiger partial charge in [0.2, 0.25) is 0 Å². The average molecular weight is 297 g/mol. The van der Waals surface area contributed by atoms with Crippen LogP contribution >= 0.6 is 0 Å². The topological polar surface area (TPSA) is 46.2 Å². The van der Waals surface area contributed by atoms with Crippen LogP contribution in [-0.4, -0.2) is 26.8 Å². The number of rotatable bonds is 7. The molecule has 0 bridgehead atoms. The summed E-state index contributed by atoms with van der Waals surface area (Å²) in [6.07, 6.45) is 1.01. The standard InChI is InChI=1S/C16H27NO2S/c1-5-11-17-15(16(2,3)4)13-20(18,19)12-14-9-7-6-8-10-14/h6-10,15,17H,5,11-13H2,1-4H3. The van der Waals surface area contributed by atoms with Crippen LogP contribution in [-0.2, 0) is 15.6 Å². The van der Waals surface area contributed by atoms with Crippen molar-refractivity contribution in [3.63, 3.8) is 0 Å². The highest BCUT2D eigenvalue weighted by atomic mass is 32.2. The molecule has 1 unspecified atom stereocenters. The maximum atomic E-state index is 12.4. The van der Waals surface area contributed by atoms with E-state index in [0.717, 1.165) is 18.5 Å². The molecule has 3 nitrogen and oxygen atoms in total. The lowest BCUT2D eigenvalue weighted by atomic mass is 9.88. The van der Waals surface area contributed by atoms with Crippen molar-refractivity contribution in [2.75, 3.05) is 12.3 Å². The van der Waals surface area contributed by atoms with Crippen molar-refractivity contribution in [3.8, 4) is 0 Å². The van der Waals surface area contributed by atoms with E-state index in [1.54, 1.807) is 0 Å². The molecule has 0 radical (unpaired) electrons. The summed E-state index contributed by atoms with van der Waals surface area (Å²) < 4.78 is 24.8. The van der Waals surface area contributed by atoms with E-state index in [9.17, 15) is 8.42 Å².